The van der Waals surface area contributed by atoms with Gasteiger partial charge in [-0.15, -0.1) is 0 Å². The summed E-state index contributed by atoms with van der Waals surface area (Å²) >= 11 is 0. The Hall–Kier alpha value is -1.10. The van der Waals surface area contributed by atoms with Crippen LogP contribution in [-0.2, 0) is 4.74 Å². The molecule has 17 heavy (non-hydrogen) atoms. The lowest BCUT2D eigenvalue weighted by molar-refractivity contribution is 0.114. The number of benzene rings is 1. The second-order valence-corrected chi connectivity index (χ2v) is 3.98. The van der Waals surface area contributed by atoms with Gasteiger partial charge >= 0.3 is 0 Å². The minimum Gasteiger partial charge on any atom is -0.494 e. The quantitative estimate of drug-likeness (QED) is 0.534. The molecular weight excluding hydrogens is 216 g/mol. The molecule has 4 heteroatoms. The predicted molar refractivity (Wildman–Crippen MR) is 68.9 cm³/mol. The van der Waals surface area contributed by atoms with E-state index in [1.165, 1.54) is 5.56 Å². The summed E-state index contributed by atoms with van der Waals surface area (Å²) in [4.78, 5) is 0. The third-order valence-corrected chi connectivity index (χ3v) is 2.48. The molecule has 1 unspecified atom stereocenters. The monoisotopic (exact) mass is 238 g/mol. The minimum atomic E-state index is 0.139. The average molecular weight is 238 g/mol. The summed E-state index contributed by atoms with van der Waals surface area (Å²) in [7, 11) is 0. The molecule has 0 aromatic heterocycles. The van der Waals surface area contributed by atoms with E-state index in [4.69, 9.17) is 15.3 Å². The highest BCUT2D eigenvalue weighted by molar-refractivity contribution is 5.27. The molecule has 0 aliphatic rings. The molecule has 4 nitrogen and oxygen atoms in total. The van der Waals surface area contributed by atoms with Gasteiger partial charge in [0.05, 0.1) is 13.2 Å². The van der Waals surface area contributed by atoms with E-state index in [9.17, 15) is 0 Å². The first-order valence-corrected chi connectivity index (χ1v) is 5.99. The van der Waals surface area contributed by atoms with Crippen LogP contribution in [0.1, 0.15) is 18.9 Å². The summed E-state index contributed by atoms with van der Waals surface area (Å²) in [6.07, 6.45) is 0.824. The van der Waals surface area contributed by atoms with Crippen LogP contribution in [0.3, 0.4) is 0 Å². The maximum Gasteiger partial charge on any atom is 0.119 e. The van der Waals surface area contributed by atoms with Crippen molar-refractivity contribution in [2.45, 2.75) is 26.3 Å². The molecule has 0 saturated carbocycles. The number of nitrogens with one attached hydrogen (secondary N) is 1. The Morgan fingerprint density at radius 3 is 2.88 bits per heavy atom. The number of hydrazine groups is 1. The molecule has 3 N–H and O–H groups in total. The summed E-state index contributed by atoms with van der Waals surface area (Å²) in [5.74, 6) is 6.33. The summed E-state index contributed by atoms with van der Waals surface area (Å²) in [6.45, 7) is 5.97. The first-order valence-electron chi connectivity index (χ1n) is 5.99. The number of aryl methyl sites for hydroxylation is 1. The van der Waals surface area contributed by atoms with Crippen molar-refractivity contribution < 1.29 is 9.47 Å². The number of hydrogen-bond donors (Lipinski definition) is 2. The molecule has 0 saturated heterocycles. The van der Waals surface area contributed by atoms with E-state index < -0.39 is 0 Å². The zero-order chi connectivity index (χ0) is 12.5. The van der Waals surface area contributed by atoms with Gasteiger partial charge in [0.25, 0.3) is 0 Å². The molecule has 96 valence electrons. The SMILES string of the molecule is CCOCC(CCOc1cccc(C)c1)NN. The molecule has 0 spiro atoms. The fourth-order valence-electron chi connectivity index (χ4n) is 1.50. The average Bonchev–Trinajstić information content (AvgIpc) is 2.33. The lowest BCUT2D eigenvalue weighted by Crippen LogP contribution is -2.39. The normalized spacial score (nSPS) is 12.4. The molecule has 0 amide bonds. The zero-order valence-electron chi connectivity index (χ0n) is 10.6. The number of hydrogen-bond acceptors (Lipinski definition) is 4. The van der Waals surface area contributed by atoms with Gasteiger partial charge < -0.3 is 9.47 Å². The Labute approximate surface area is 103 Å². The van der Waals surface area contributed by atoms with Gasteiger partial charge in [0.15, 0.2) is 0 Å². The van der Waals surface area contributed by atoms with E-state index in [1.54, 1.807) is 0 Å². The fourth-order valence-corrected chi connectivity index (χ4v) is 1.50. The lowest BCUT2D eigenvalue weighted by atomic mass is 10.2. The van der Waals surface area contributed by atoms with Crippen LogP contribution < -0.4 is 16.0 Å². The molecule has 1 aromatic carbocycles. The van der Waals surface area contributed by atoms with Crippen molar-refractivity contribution in [1.82, 2.24) is 5.43 Å². The van der Waals surface area contributed by atoms with E-state index in [1.807, 2.05) is 38.1 Å². The number of ether oxygens (including phenoxy) is 2. The Balaban J connectivity index is 2.26. The van der Waals surface area contributed by atoms with Crippen LogP contribution in [0.15, 0.2) is 24.3 Å². The first-order chi connectivity index (χ1) is 8.26. The third kappa shape index (κ3) is 5.68. The summed E-state index contributed by atoms with van der Waals surface area (Å²) in [6, 6.07) is 8.16. The molecule has 0 aliphatic heterocycles. The molecule has 1 rings (SSSR count). The van der Waals surface area contributed by atoms with Crippen LogP contribution in [-0.4, -0.2) is 25.9 Å². The molecule has 1 aromatic rings. The van der Waals surface area contributed by atoms with Crippen molar-refractivity contribution in [3.8, 4) is 5.75 Å². The standard InChI is InChI=1S/C13H22N2O2/c1-3-16-10-12(15-14)7-8-17-13-6-4-5-11(2)9-13/h4-6,9,12,15H,3,7-8,10,14H2,1-2H3. The Kier molecular flexibility index (Phi) is 6.62. The van der Waals surface area contributed by atoms with Gasteiger partial charge in [-0.05, 0) is 31.5 Å². The van der Waals surface area contributed by atoms with Crippen LogP contribution in [0, 0.1) is 6.92 Å². The van der Waals surface area contributed by atoms with Crippen molar-refractivity contribution in [3.05, 3.63) is 29.8 Å². The molecular formula is C13H22N2O2. The zero-order valence-corrected chi connectivity index (χ0v) is 10.6. The van der Waals surface area contributed by atoms with Gasteiger partial charge in [0, 0.05) is 19.1 Å². The Morgan fingerprint density at radius 1 is 1.41 bits per heavy atom. The van der Waals surface area contributed by atoms with Gasteiger partial charge in [0.2, 0.25) is 0 Å². The Morgan fingerprint density at radius 2 is 2.24 bits per heavy atom. The second-order valence-electron chi connectivity index (χ2n) is 3.98. The van der Waals surface area contributed by atoms with E-state index in [0.717, 1.165) is 12.2 Å². The largest absolute Gasteiger partial charge is 0.494 e. The van der Waals surface area contributed by atoms with Crippen molar-refractivity contribution in [2.24, 2.45) is 5.84 Å². The Bertz CT molecular complexity index is 318. The second kappa shape index (κ2) is 8.06. The van der Waals surface area contributed by atoms with Crippen LogP contribution >= 0.6 is 0 Å². The lowest BCUT2D eigenvalue weighted by Gasteiger charge is -2.16. The molecule has 0 fully saturated rings. The van der Waals surface area contributed by atoms with E-state index >= 15 is 0 Å². The summed E-state index contributed by atoms with van der Waals surface area (Å²) in [5, 5.41) is 0. The molecule has 1 atom stereocenters. The van der Waals surface area contributed by atoms with Crippen molar-refractivity contribution in [1.29, 1.82) is 0 Å². The van der Waals surface area contributed by atoms with Gasteiger partial charge in [-0.2, -0.15) is 0 Å². The maximum atomic E-state index is 5.65. The van der Waals surface area contributed by atoms with E-state index in [-0.39, 0.29) is 6.04 Å². The number of rotatable bonds is 8. The molecule has 0 heterocycles. The highest BCUT2D eigenvalue weighted by Crippen LogP contribution is 2.12. The van der Waals surface area contributed by atoms with Gasteiger partial charge in [-0.1, -0.05) is 12.1 Å². The van der Waals surface area contributed by atoms with Gasteiger partial charge in [0.1, 0.15) is 5.75 Å². The topological polar surface area (TPSA) is 56.5 Å². The minimum absolute atomic E-state index is 0.139. The van der Waals surface area contributed by atoms with Crippen LogP contribution in [0.25, 0.3) is 0 Å². The van der Waals surface area contributed by atoms with Crippen molar-refractivity contribution in [2.75, 3.05) is 19.8 Å². The smallest absolute Gasteiger partial charge is 0.119 e. The molecule has 0 aliphatic carbocycles. The van der Waals surface area contributed by atoms with Crippen molar-refractivity contribution >= 4 is 0 Å². The van der Waals surface area contributed by atoms with E-state index in [0.29, 0.717) is 19.8 Å². The maximum absolute atomic E-state index is 5.65. The highest BCUT2D eigenvalue weighted by atomic mass is 16.5. The van der Waals surface area contributed by atoms with Gasteiger partial charge in [-0.3, -0.25) is 11.3 Å². The van der Waals surface area contributed by atoms with Crippen LogP contribution in [0.2, 0.25) is 0 Å². The predicted octanol–water partition coefficient (Wildman–Crippen LogP) is 1.63. The number of nitrogens with two attached hydrogens (primary N) is 1. The molecule has 0 radical (unpaired) electrons. The summed E-state index contributed by atoms with van der Waals surface area (Å²) in [5.41, 5.74) is 3.93. The first kappa shape index (κ1) is 14.0. The van der Waals surface area contributed by atoms with Crippen molar-refractivity contribution in [3.63, 3.8) is 0 Å². The van der Waals surface area contributed by atoms with Crippen LogP contribution in [0.5, 0.6) is 5.75 Å². The molecule has 0 bridgehead atoms. The van der Waals surface area contributed by atoms with E-state index in [2.05, 4.69) is 5.43 Å². The fraction of sp³-hybridized carbons (Fsp3) is 0.538. The highest BCUT2D eigenvalue weighted by Gasteiger charge is 2.06. The third-order valence-electron chi connectivity index (χ3n) is 2.48. The summed E-state index contributed by atoms with van der Waals surface area (Å²) < 4.78 is 11.0. The van der Waals surface area contributed by atoms with Crippen LogP contribution in [0.4, 0.5) is 0 Å². The van der Waals surface area contributed by atoms with Gasteiger partial charge in [-0.25, -0.2) is 0 Å².